The first-order chi connectivity index (χ1) is 6.18. The van der Waals surface area contributed by atoms with Gasteiger partial charge in [0.15, 0.2) is 0 Å². The third kappa shape index (κ3) is 1.38. The van der Waals surface area contributed by atoms with Gasteiger partial charge < -0.3 is 0 Å². The van der Waals surface area contributed by atoms with E-state index in [0.717, 1.165) is 11.1 Å². The van der Waals surface area contributed by atoms with E-state index in [-0.39, 0.29) is 5.82 Å². The van der Waals surface area contributed by atoms with Crippen LogP contribution in [-0.2, 0) is 0 Å². The van der Waals surface area contributed by atoms with Crippen molar-refractivity contribution in [3.05, 3.63) is 40.8 Å². The van der Waals surface area contributed by atoms with Gasteiger partial charge in [-0.2, -0.15) is 0 Å². The predicted molar refractivity (Wildman–Crippen MR) is 51.4 cm³/mol. The van der Waals surface area contributed by atoms with E-state index in [0.29, 0.717) is 10.4 Å². The minimum absolute atomic E-state index is 0.278. The van der Waals surface area contributed by atoms with Gasteiger partial charge in [-0.1, -0.05) is 11.6 Å². The summed E-state index contributed by atoms with van der Waals surface area (Å²) in [4.78, 5) is 4.13. The smallest absolute Gasteiger partial charge is 0.124 e. The predicted octanol–water partition coefficient (Wildman–Crippen LogP) is 3.34. The highest BCUT2D eigenvalue weighted by Crippen LogP contribution is 2.24. The first-order valence-corrected chi connectivity index (χ1v) is 4.26. The molecule has 0 saturated carbocycles. The van der Waals surface area contributed by atoms with Gasteiger partial charge in [-0.15, -0.1) is 0 Å². The quantitative estimate of drug-likeness (QED) is 0.628. The van der Waals surface area contributed by atoms with Crippen molar-refractivity contribution >= 4 is 22.5 Å². The number of hydrogen-bond donors (Lipinski definition) is 0. The molecule has 0 unspecified atom stereocenters. The van der Waals surface area contributed by atoms with Crippen molar-refractivity contribution in [2.75, 3.05) is 0 Å². The van der Waals surface area contributed by atoms with Crippen LogP contribution in [0.2, 0.25) is 5.02 Å². The molecule has 0 atom stereocenters. The van der Waals surface area contributed by atoms with E-state index < -0.39 is 0 Å². The molecule has 0 fully saturated rings. The van der Waals surface area contributed by atoms with Crippen LogP contribution in [0.3, 0.4) is 0 Å². The number of hydrogen-bond acceptors (Lipinski definition) is 1. The summed E-state index contributed by atoms with van der Waals surface area (Å²) in [5.74, 6) is -0.278. The number of fused-ring (bicyclic) bond motifs is 1. The topological polar surface area (TPSA) is 12.9 Å². The van der Waals surface area contributed by atoms with Crippen molar-refractivity contribution in [2.24, 2.45) is 0 Å². The Balaban J connectivity index is 2.94. The van der Waals surface area contributed by atoms with Crippen LogP contribution in [0.1, 0.15) is 5.56 Å². The lowest BCUT2D eigenvalue weighted by molar-refractivity contribution is 0.628. The molecule has 1 heterocycles. The fraction of sp³-hybridized carbons (Fsp3) is 0.100. The van der Waals surface area contributed by atoms with Crippen molar-refractivity contribution in [1.82, 2.24) is 4.98 Å². The number of halogens is 2. The third-order valence-corrected chi connectivity index (χ3v) is 2.28. The van der Waals surface area contributed by atoms with E-state index in [1.807, 2.05) is 6.92 Å². The summed E-state index contributed by atoms with van der Waals surface area (Å²) in [6, 6.07) is 4.51. The Hall–Kier alpha value is -1.15. The Morgan fingerprint density at radius 1 is 1.38 bits per heavy atom. The molecular formula is C10H7ClFN. The molecule has 0 bridgehead atoms. The van der Waals surface area contributed by atoms with Gasteiger partial charge in [-0.3, -0.25) is 4.98 Å². The first-order valence-electron chi connectivity index (χ1n) is 3.89. The SMILES string of the molecule is Cc1cc(F)cc2c(Cl)ccnc12. The average Bonchev–Trinajstić information content (AvgIpc) is 2.07. The van der Waals surface area contributed by atoms with Gasteiger partial charge in [0.25, 0.3) is 0 Å². The molecule has 3 heteroatoms. The molecule has 0 aliphatic rings. The lowest BCUT2D eigenvalue weighted by Gasteiger charge is -2.02. The number of rotatable bonds is 0. The molecule has 0 aliphatic carbocycles. The highest BCUT2D eigenvalue weighted by atomic mass is 35.5. The second-order valence-electron chi connectivity index (χ2n) is 2.91. The summed E-state index contributed by atoms with van der Waals surface area (Å²) < 4.78 is 13.0. The second kappa shape index (κ2) is 2.96. The van der Waals surface area contributed by atoms with Crippen LogP contribution < -0.4 is 0 Å². The zero-order valence-electron chi connectivity index (χ0n) is 7.01. The Labute approximate surface area is 80.2 Å². The van der Waals surface area contributed by atoms with E-state index in [1.165, 1.54) is 12.1 Å². The molecule has 2 aromatic rings. The van der Waals surface area contributed by atoms with Gasteiger partial charge in [0.2, 0.25) is 0 Å². The lowest BCUT2D eigenvalue weighted by Crippen LogP contribution is -1.86. The maximum atomic E-state index is 13.0. The molecule has 1 aromatic heterocycles. The molecule has 0 radical (unpaired) electrons. The Kier molecular flexibility index (Phi) is 1.93. The van der Waals surface area contributed by atoms with Crippen LogP contribution in [0.5, 0.6) is 0 Å². The fourth-order valence-electron chi connectivity index (χ4n) is 1.36. The molecule has 1 aromatic carbocycles. The van der Waals surface area contributed by atoms with Crippen LogP contribution >= 0.6 is 11.6 Å². The van der Waals surface area contributed by atoms with Crippen LogP contribution in [0.25, 0.3) is 10.9 Å². The van der Waals surface area contributed by atoms with Gasteiger partial charge in [0.1, 0.15) is 5.82 Å². The minimum Gasteiger partial charge on any atom is -0.256 e. The van der Waals surface area contributed by atoms with Gasteiger partial charge in [-0.05, 0) is 30.7 Å². The minimum atomic E-state index is -0.278. The summed E-state index contributed by atoms with van der Waals surface area (Å²) in [7, 11) is 0. The molecule has 2 rings (SSSR count). The summed E-state index contributed by atoms with van der Waals surface area (Å²) >= 11 is 5.89. The van der Waals surface area contributed by atoms with Crippen LogP contribution in [-0.4, -0.2) is 4.98 Å². The van der Waals surface area contributed by atoms with E-state index in [4.69, 9.17) is 11.6 Å². The van der Waals surface area contributed by atoms with E-state index in [2.05, 4.69) is 4.98 Å². The standard InChI is InChI=1S/C10H7ClFN/c1-6-4-7(12)5-8-9(11)2-3-13-10(6)8/h2-5H,1H3. The number of pyridine rings is 1. The Morgan fingerprint density at radius 2 is 2.15 bits per heavy atom. The van der Waals surface area contributed by atoms with E-state index in [1.54, 1.807) is 12.3 Å². The van der Waals surface area contributed by atoms with Crippen LogP contribution in [0.4, 0.5) is 4.39 Å². The summed E-state index contributed by atoms with van der Waals surface area (Å²) in [5, 5.41) is 1.20. The molecule has 13 heavy (non-hydrogen) atoms. The lowest BCUT2D eigenvalue weighted by atomic mass is 10.1. The molecule has 0 amide bonds. The van der Waals surface area contributed by atoms with Gasteiger partial charge in [0, 0.05) is 11.6 Å². The van der Waals surface area contributed by atoms with Crippen molar-refractivity contribution in [1.29, 1.82) is 0 Å². The maximum Gasteiger partial charge on any atom is 0.124 e. The highest BCUT2D eigenvalue weighted by molar-refractivity contribution is 6.35. The molecular weight excluding hydrogens is 189 g/mol. The van der Waals surface area contributed by atoms with Crippen LogP contribution in [0, 0.1) is 12.7 Å². The average molecular weight is 196 g/mol. The van der Waals surface area contributed by atoms with E-state index >= 15 is 0 Å². The first kappa shape index (κ1) is 8.45. The monoisotopic (exact) mass is 195 g/mol. The van der Waals surface area contributed by atoms with E-state index in [9.17, 15) is 4.39 Å². The Morgan fingerprint density at radius 3 is 2.92 bits per heavy atom. The molecule has 1 nitrogen and oxygen atoms in total. The van der Waals surface area contributed by atoms with Crippen LogP contribution in [0.15, 0.2) is 24.4 Å². The molecule has 0 aliphatic heterocycles. The second-order valence-corrected chi connectivity index (χ2v) is 3.32. The van der Waals surface area contributed by atoms with Crippen molar-refractivity contribution in [2.45, 2.75) is 6.92 Å². The molecule has 0 spiro atoms. The van der Waals surface area contributed by atoms with Gasteiger partial charge in [-0.25, -0.2) is 4.39 Å². The normalized spacial score (nSPS) is 10.7. The van der Waals surface area contributed by atoms with Gasteiger partial charge >= 0.3 is 0 Å². The van der Waals surface area contributed by atoms with Gasteiger partial charge in [0.05, 0.1) is 10.5 Å². The third-order valence-electron chi connectivity index (χ3n) is 1.95. The summed E-state index contributed by atoms with van der Waals surface area (Å²) in [6.45, 7) is 1.81. The fourth-order valence-corrected chi connectivity index (χ4v) is 1.56. The number of nitrogens with zero attached hydrogens (tertiary/aromatic N) is 1. The number of benzene rings is 1. The largest absolute Gasteiger partial charge is 0.256 e. The maximum absolute atomic E-state index is 13.0. The highest BCUT2D eigenvalue weighted by Gasteiger charge is 2.04. The van der Waals surface area contributed by atoms with Crippen molar-refractivity contribution in [3.63, 3.8) is 0 Å². The number of aryl methyl sites for hydroxylation is 1. The molecule has 66 valence electrons. The molecule has 0 N–H and O–H groups in total. The zero-order valence-corrected chi connectivity index (χ0v) is 7.77. The zero-order chi connectivity index (χ0) is 9.42. The summed E-state index contributed by atoms with van der Waals surface area (Å²) in [6.07, 6.45) is 1.62. The Bertz CT molecular complexity index is 468. The summed E-state index contributed by atoms with van der Waals surface area (Å²) in [5.41, 5.74) is 1.56. The van der Waals surface area contributed by atoms with Crippen molar-refractivity contribution in [3.8, 4) is 0 Å². The van der Waals surface area contributed by atoms with Crippen molar-refractivity contribution < 1.29 is 4.39 Å². The number of aromatic nitrogens is 1. The molecule has 0 saturated heterocycles.